The van der Waals surface area contributed by atoms with Gasteiger partial charge < -0.3 is 0 Å². The molecule has 0 radical (unpaired) electrons. The summed E-state index contributed by atoms with van der Waals surface area (Å²) in [4.78, 5) is 14.9. The number of aryl methyl sites for hydroxylation is 1. The molecule has 0 amide bonds. The van der Waals surface area contributed by atoms with Gasteiger partial charge in [-0.1, -0.05) is 36.4 Å². The number of Topliss-reactive ketones (excluding diaryl/α,β-unsaturated/α-hetero) is 1. The quantitative estimate of drug-likeness (QED) is 0.781. The Balaban J connectivity index is 1.98. The Kier molecular flexibility index (Phi) is 3.34. The van der Waals surface area contributed by atoms with E-state index in [0.717, 1.165) is 35.0 Å². The van der Waals surface area contributed by atoms with E-state index in [1.165, 1.54) is 12.8 Å². The van der Waals surface area contributed by atoms with Crippen molar-refractivity contribution in [2.45, 2.75) is 19.8 Å². The molecule has 1 aliphatic heterocycles. The second-order valence-electron chi connectivity index (χ2n) is 5.39. The zero-order chi connectivity index (χ0) is 13.2. The van der Waals surface area contributed by atoms with Crippen molar-refractivity contribution in [1.29, 1.82) is 0 Å². The van der Waals surface area contributed by atoms with Crippen molar-refractivity contribution in [3.63, 3.8) is 0 Å². The standard InChI is InChI=1S/C17H19NO/c1-13-8-9-14-6-2-3-7-15(14)17(13)16(19)12-18-10-4-5-11-18/h2-3,6-9H,4-5,10-12H2,1H3. The van der Waals surface area contributed by atoms with Gasteiger partial charge in [0.25, 0.3) is 0 Å². The van der Waals surface area contributed by atoms with Crippen molar-refractivity contribution < 1.29 is 4.79 Å². The third kappa shape index (κ3) is 2.41. The van der Waals surface area contributed by atoms with Crippen molar-refractivity contribution >= 4 is 16.6 Å². The van der Waals surface area contributed by atoms with Crippen LogP contribution in [-0.4, -0.2) is 30.3 Å². The van der Waals surface area contributed by atoms with E-state index in [0.29, 0.717) is 6.54 Å². The van der Waals surface area contributed by atoms with Crippen LogP contribution in [0.5, 0.6) is 0 Å². The number of hydrogen-bond donors (Lipinski definition) is 0. The molecule has 19 heavy (non-hydrogen) atoms. The highest BCUT2D eigenvalue weighted by Gasteiger charge is 2.19. The first kappa shape index (κ1) is 12.4. The Morgan fingerprint density at radius 2 is 1.84 bits per heavy atom. The minimum Gasteiger partial charge on any atom is -0.296 e. The zero-order valence-corrected chi connectivity index (χ0v) is 11.4. The third-order valence-corrected chi connectivity index (χ3v) is 3.98. The second kappa shape index (κ2) is 5.14. The molecule has 2 aromatic carbocycles. The Labute approximate surface area is 114 Å². The van der Waals surface area contributed by atoms with Crippen LogP contribution in [0.4, 0.5) is 0 Å². The zero-order valence-electron chi connectivity index (χ0n) is 11.4. The lowest BCUT2D eigenvalue weighted by atomic mass is 9.96. The highest BCUT2D eigenvalue weighted by Crippen LogP contribution is 2.23. The Bertz CT molecular complexity index is 612. The predicted molar refractivity (Wildman–Crippen MR) is 78.7 cm³/mol. The van der Waals surface area contributed by atoms with Gasteiger partial charge in [0.2, 0.25) is 0 Å². The van der Waals surface area contributed by atoms with Gasteiger partial charge in [0.1, 0.15) is 0 Å². The molecule has 1 aliphatic rings. The summed E-state index contributed by atoms with van der Waals surface area (Å²) in [5.74, 6) is 0.260. The van der Waals surface area contributed by atoms with E-state index in [2.05, 4.69) is 29.2 Å². The lowest BCUT2D eigenvalue weighted by Gasteiger charge is -2.15. The van der Waals surface area contributed by atoms with Gasteiger partial charge in [0.15, 0.2) is 5.78 Å². The van der Waals surface area contributed by atoms with Crippen molar-refractivity contribution in [2.75, 3.05) is 19.6 Å². The van der Waals surface area contributed by atoms with E-state index < -0.39 is 0 Å². The van der Waals surface area contributed by atoms with Gasteiger partial charge in [-0.15, -0.1) is 0 Å². The van der Waals surface area contributed by atoms with Crippen LogP contribution in [0.1, 0.15) is 28.8 Å². The van der Waals surface area contributed by atoms with E-state index in [1.54, 1.807) is 0 Å². The molecule has 0 aliphatic carbocycles. The molecule has 2 nitrogen and oxygen atoms in total. The molecule has 0 spiro atoms. The highest BCUT2D eigenvalue weighted by molar-refractivity contribution is 6.10. The summed E-state index contributed by atoms with van der Waals surface area (Å²) >= 11 is 0. The van der Waals surface area contributed by atoms with E-state index in [1.807, 2.05) is 19.1 Å². The smallest absolute Gasteiger partial charge is 0.177 e. The van der Waals surface area contributed by atoms with Gasteiger partial charge >= 0.3 is 0 Å². The summed E-state index contributed by atoms with van der Waals surface area (Å²) < 4.78 is 0. The molecule has 1 saturated heterocycles. The fourth-order valence-electron chi connectivity index (χ4n) is 2.97. The lowest BCUT2D eigenvalue weighted by Crippen LogP contribution is -2.27. The van der Waals surface area contributed by atoms with Crippen molar-refractivity contribution in [2.24, 2.45) is 0 Å². The largest absolute Gasteiger partial charge is 0.296 e. The van der Waals surface area contributed by atoms with Gasteiger partial charge in [0.05, 0.1) is 6.54 Å². The summed E-state index contributed by atoms with van der Waals surface area (Å²) in [6.07, 6.45) is 2.45. The molecular weight excluding hydrogens is 234 g/mol. The Hall–Kier alpha value is -1.67. The summed E-state index contributed by atoms with van der Waals surface area (Å²) in [6, 6.07) is 12.3. The summed E-state index contributed by atoms with van der Waals surface area (Å²) in [5.41, 5.74) is 1.99. The lowest BCUT2D eigenvalue weighted by molar-refractivity contribution is 0.0946. The number of nitrogens with zero attached hydrogens (tertiary/aromatic N) is 1. The minimum atomic E-state index is 0.260. The summed E-state index contributed by atoms with van der Waals surface area (Å²) in [6.45, 7) is 4.73. The van der Waals surface area contributed by atoms with Gasteiger partial charge in [-0.2, -0.15) is 0 Å². The number of carbonyl (C=O) groups excluding carboxylic acids is 1. The Morgan fingerprint density at radius 3 is 2.63 bits per heavy atom. The monoisotopic (exact) mass is 253 g/mol. The average Bonchev–Trinajstić information content (AvgIpc) is 2.91. The summed E-state index contributed by atoms with van der Waals surface area (Å²) in [7, 11) is 0. The molecule has 2 aromatic rings. The first-order valence-electron chi connectivity index (χ1n) is 6.99. The minimum absolute atomic E-state index is 0.260. The maximum Gasteiger partial charge on any atom is 0.177 e. The third-order valence-electron chi connectivity index (χ3n) is 3.98. The first-order chi connectivity index (χ1) is 9.25. The first-order valence-corrected chi connectivity index (χ1v) is 6.99. The molecule has 0 atom stereocenters. The molecule has 0 aromatic heterocycles. The van der Waals surface area contributed by atoms with Crippen LogP contribution in [0.2, 0.25) is 0 Å². The molecule has 1 fully saturated rings. The van der Waals surface area contributed by atoms with Crippen LogP contribution >= 0.6 is 0 Å². The normalized spacial score (nSPS) is 16.1. The van der Waals surface area contributed by atoms with E-state index >= 15 is 0 Å². The number of fused-ring (bicyclic) bond motifs is 1. The fraction of sp³-hybridized carbons (Fsp3) is 0.353. The molecule has 0 saturated carbocycles. The number of ketones is 1. The van der Waals surface area contributed by atoms with Crippen LogP contribution < -0.4 is 0 Å². The van der Waals surface area contributed by atoms with E-state index in [-0.39, 0.29) is 5.78 Å². The van der Waals surface area contributed by atoms with Crippen molar-refractivity contribution in [1.82, 2.24) is 4.90 Å². The highest BCUT2D eigenvalue weighted by atomic mass is 16.1. The Morgan fingerprint density at radius 1 is 1.11 bits per heavy atom. The SMILES string of the molecule is Cc1ccc2ccccc2c1C(=O)CN1CCCC1. The molecule has 0 N–H and O–H groups in total. The number of likely N-dealkylation sites (tertiary alicyclic amines) is 1. The molecule has 0 unspecified atom stereocenters. The van der Waals surface area contributed by atoms with Crippen LogP contribution in [-0.2, 0) is 0 Å². The number of rotatable bonds is 3. The average molecular weight is 253 g/mol. The molecule has 0 bridgehead atoms. The van der Waals surface area contributed by atoms with Gasteiger partial charge in [-0.3, -0.25) is 9.69 Å². The van der Waals surface area contributed by atoms with Gasteiger partial charge in [-0.25, -0.2) is 0 Å². The number of carbonyl (C=O) groups is 1. The van der Waals surface area contributed by atoms with Crippen molar-refractivity contribution in [3.05, 3.63) is 47.5 Å². The fourth-order valence-corrected chi connectivity index (χ4v) is 2.97. The van der Waals surface area contributed by atoms with E-state index in [9.17, 15) is 4.79 Å². The van der Waals surface area contributed by atoms with Crippen LogP contribution in [0.15, 0.2) is 36.4 Å². The van der Waals surface area contributed by atoms with E-state index in [4.69, 9.17) is 0 Å². The maximum atomic E-state index is 12.6. The second-order valence-corrected chi connectivity index (χ2v) is 5.39. The molecule has 3 rings (SSSR count). The molecule has 98 valence electrons. The molecular formula is C17H19NO. The molecule has 1 heterocycles. The topological polar surface area (TPSA) is 20.3 Å². The van der Waals surface area contributed by atoms with Gasteiger partial charge in [-0.05, 0) is 49.2 Å². The van der Waals surface area contributed by atoms with Gasteiger partial charge in [0, 0.05) is 5.56 Å². The van der Waals surface area contributed by atoms with Crippen molar-refractivity contribution in [3.8, 4) is 0 Å². The van der Waals surface area contributed by atoms with Crippen LogP contribution in [0.3, 0.4) is 0 Å². The summed E-state index contributed by atoms with van der Waals surface area (Å²) in [5, 5.41) is 2.24. The van der Waals surface area contributed by atoms with Crippen LogP contribution in [0, 0.1) is 6.92 Å². The maximum absolute atomic E-state index is 12.6. The predicted octanol–water partition coefficient (Wildman–Crippen LogP) is 3.43. The molecule has 2 heteroatoms. The van der Waals surface area contributed by atoms with Crippen LogP contribution in [0.25, 0.3) is 10.8 Å². The number of hydrogen-bond acceptors (Lipinski definition) is 2. The number of benzene rings is 2.